The Morgan fingerprint density at radius 3 is 1.52 bits per heavy atom. The third-order valence-electron chi connectivity index (χ3n) is 4.75. The van der Waals surface area contributed by atoms with Crippen molar-refractivity contribution in [3.05, 3.63) is 101 Å². The van der Waals surface area contributed by atoms with Gasteiger partial charge < -0.3 is 0 Å². The van der Waals surface area contributed by atoms with Crippen molar-refractivity contribution in [1.82, 2.24) is 3.71 Å². The predicted octanol–water partition coefficient (Wildman–Crippen LogP) is 5.05. The number of halogens is 1. The summed E-state index contributed by atoms with van der Waals surface area (Å²) in [5.41, 5.74) is 2.63. The summed E-state index contributed by atoms with van der Waals surface area (Å²) in [5, 5.41) is 0.507. The summed E-state index contributed by atoms with van der Waals surface area (Å²) in [6, 6.07) is 18.7. The highest BCUT2D eigenvalue weighted by molar-refractivity contribution is 8.04. The number of hydrogen-bond donors (Lipinski definition) is 0. The van der Waals surface area contributed by atoms with E-state index in [1.165, 1.54) is 24.3 Å². The summed E-state index contributed by atoms with van der Waals surface area (Å²) in [6.45, 7) is 7.12. The average Bonchev–Trinajstić information content (AvgIpc) is 2.72. The maximum atomic E-state index is 13.4. The smallest absolute Gasteiger partial charge is 0.206 e. The molecule has 3 rings (SSSR count). The van der Waals surface area contributed by atoms with E-state index in [2.05, 4.69) is 6.58 Å². The molecule has 0 spiro atoms. The Morgan fingerprint density at radius 2 is 1.13 bits per heavy atom. The molecule has 0 unspecified atom stereocenters. The Bertz CT molecular complexity index is 1220. The zero-order chi connectivity index (χ0) is 22.8. The quantitative estimate of drug-likeness (QED) is 0.479. The van der Waals surface area contributed by atoms with E-state index in [4.69, 9.17) is 11.6 Å². The first kappa shape index (κ1) is 23.2. The second kappa shape index (κ2) is 8.96. The van der Waals surface area contributed by atoms with Gasteiger partial charge in [0.2, 0.25) is 0 Å². The van der Waals surface area contributed by atoms with Crippen LogP contribution in [0.3, 0.4) is 0 Å². The minimum Gasteiger partial charge on any atom is -0.206 e. The minimum atomic E-state index is -4.39. The molecule has 0 aromatic heterocycles. The molecule has 0 radical (unpaired) electrons. The van der Waals surface area contributed by atoms with E-state index in [-0.39, 0.29) is 9.79 Å². The van der Waals surface area contributed by atoms with Gasteiger partial charge in [-0.15, -0.1) is 0 Å². The molecule has 0 aliphatic carbocycles. The number of sulfonamides is 2. The maximum absolute atomic E-state index is 13.4. The van der Waals surface area contributed by atoms with Crippen LogP contribution in [0.5, 0.6) is 0 Å². The molecule has 0 saturated heterocycles. The molecule has 5 nitrogen and oxygen atoms in total. The number of hydrogen-bond acceptors (Lipinski definition) is 4. The van der Waals surface area contributed by atoms with Crippen molar-refractivity contribution in [3.63, 3.8) is 0 Å². The van der Waals surface area contributed by atoms with Gasteiger partial charge in [0, 0.05) is 5.02 Å². The molecule has 0 N–H and O–H groups in total. The Kier molecular flexibility index (Phi) is 6.71. The summed E-state index contributed by atoms with van der Waals surface area (Å²) in [7, 11) is -8.77. The summed E-state index contributed by atoms with van der Waals surface area (Å²) in [6.07, 6.45) is 0. The SMILES string of the molecule is C=C(CN(S(=O)(=O)c1ccc(C)cc1)S(=O)(=O)c1ccc(C)cc1)c1ccc(Cl)cc1. The first-order chi connectivity index (χ1) is 14.5. The molecule has 0 aliphatic rings. The normalized spacial score (nSPS) is 12.1. The molecular weight excluding hydrogens is 454 g/mol. The number of rotatable bonds is 7. The number of nitrogens with zero attached hydrogens (tertiary/aromatic N) is 1. The second-order valence-electron chi connectivity index (χ2n) is 7.18. The topological polar surface area (TPSA) is 71.5 Å². The molecular formula is C23H22ClNO4S2. The van der Waals surface area contributed by atoms with Gasteiger partial charge in [-0.3, -0.25) is 0 Å². The standard InChI is InChI=1S/C23H22ClNO4S2/c1-17-4-12-22(13-5-17)30(26,27)25(16-19(3)20-8-10-21(24)11-9-20)31(28,29)23-14-6-18(2)7-15-23/h4-15H,3,16H2,1-2H3. The van der Waals surface area contributed by atoms with E-state index in [9.17, 15) is 16.8 Å². The lowest BCUT2D eigenvalue weighted by Gasteiger charge is -2.23. The number of aryl methyl sites for hydroxylation is 2. The second-order valence-corrected chi connectivity index (χ2v) is 11.6. The lowest BCUT2D eigenvalue weighted by Crippen LogP contribution is -2.38. The largest absolute Gasteiger partial charge is 0.256 e. The van der Waals surface area contributed by atoms with Gasteiger partial charge in [-0.1, -0.05) is 69.4 Å². The summed E-state index contributed by atoms with van der Waals surface area (Å²) in [5.74, 6) is 0. The van der Waals surface area contributed by atoms with Crippen molar-refractivity contribution in [2.75, 3.05) is 6.54 Å². The molecule has 8 heteroatoms. The van der Waals surface area contributed by atoms with E-state index in [0.717, 1.165) is 11.1 Å². The lowest BCUT2D eigenvalue weighted by atomic mass is 10.1. The monoisotopic (exact) mass is 475 g/mol. The van der Waals surface area contributed by atoms with Crippen LogP contribution in [0.4, 0.5) is 0 Å². The molecule has 0 amide bonds. The molecule has 0 heterocycles. The molecule has 3 aromatic rings. The van der Waals surface area contributed by atoms with Crippen LogP contribution in [0.1, 0.15) is 16.7 Å². The van der Waals surface area contributed by atoms with Gasteiger partial charge >= 0.3 is 0 Å². The fourth-order valence-corrected chi connectivity index (χ4v) is 6.65. The number of benzene rings is 3. The first-order valence-electron chi connectivity index (χ1n) is 9.37. The van der Waals surface area contributed by atoms with Crippen molar-refractivity contribution in [2.24, 2.45) is 0 Å². The van der Waals surface area contributed by atoms with Crippen molar-refractivity contribution in [2.45, 2.75) is 23.6 Å². The Hall–Kier alpha value is -2.45. The van der Waals surface area contributed by atoms with Crippen LogP contribution in [0.15, 0.2) is 89.2 Å². The van der Waals surface area contributed by atoms with Crippen LogP contribution in [-0.2, 0) is 20.0 Å². The van der Waals surface area contributed by atoms with E-state index in [1.807, 2.05) is 13.8 Å². The minimum absolute atomic E-state index is 0.113. The van der Waals surface area contributed by atoms with Crippen LogP contribution in [0.25, 0.3) is 5.57 Å². The fourth-order valence-electron chi connectivity index (χ4n) is 2.89. The van der Waals surface area contributed by atoms with E-state index in [1.54, 1.807) is 48.5 Å². The van der Waals surface area contributed by atoms with Crippen molar-refractivity contribution in [1.29, 1.82) is 0 Å². The lowest BCUT2D eigenvalue weighted by molar-refractivity contribution is 0.515. The van der Waals surface area contributed by atoms with Gasteiger partial charge in [0.25, 0.3) is 20.0 Å². The summed E-state index contributed by atoms with van der Waals surface area (Å²) >= 11 is 5.92. The zero-order valence-corrected chi connectivity index (χ0v) is 19.5. The van der Waals surface area contributed by atoms with Crippen LogP contribution in [0.2, 0.25) is 5.02 Å². The average molecular weight is 476 g/mol. The molecule has 0 bridgehead atoms. The third kappa shape index (κ3) is 5.07. The summed E-state index contributed by atoms with van der Waals surface area (Å²) in [4.78, 5) is -0.226. The van der Waals surface area contributed by atoms with Crippen LogP contribution in [0, 0.1) is 13.8 Å². The van der Waals surface area contributed by atoms with Crippen molar-refractivity contribution < 1.29 is 16.8 Å². The van der Waals surface area contributed by atoms with Crippen LogP contribution in [-0.4, -0.2) is 27.1 Å². The van der Waals surface area contributed by atoms with E-state index < -0.39 is 26.6 Å². The molecule has 3 aromatic carbocycles. The van der Waals surface area contributed by atoms with Gasteiger partial charge in [0.1, 0.15) is 0 Å². The predicted molar refractivity (Wildman–Crippen MR) is 124 cm³/mol. The third-order valence-corrected chi connectivity index (χ3v) is 9.24. The highest BCUT2D eigenvalue weighted by Crippen LogP contribution is 2.28. The molecule has 0 fully saturated rings. The van der Waals surface area contributed by atoms with Crippen LogP contribution < -0.4 is 0 Å². The van der Waals surface area contributed by atoms with Gasteiger partial charge in [-0.2, -0.15) is 0 Å². The Morgan fingerprint density at radius 1 is 0.742 bits per heavy atom. The zero-order valence-electron chi connectivity index (χ0n) is 17.1. The van der Waals surface area contributed by atoms with Crippen molar-refractivity contribution >= 4 is 37.2 Å². The summed E-state index contributed by atoms with van der Waals surface area (Å²) < 4.78 is 54.3. The Balaban J connectivity index is 2.11. The fraction of sp³-hybridized carbons (Fsp3) is 0.130. The first-order valence-corrected chi connectivity index (χ1v) is 12.6. The maximum Gasteiger partial charge on any atom is 0.256 e. The van der Waals surface area contributed by atoms with Gasteiger partial charge in [0.15, 0.2) is 0 Å². The molecule has 31 heavy (non-hydrogen) atoms. The molecule has 0 aliphatic heterocycles. The van der Waals surface area contributed by atoms with E-state index >= 15 is 0 Å². The van der Waals surface area contributed by atoms with Gasteiger partial charge in [-0.25, -0.2) is 16.8 Å². The highest BCUT2D eigenvalue weighted by Gasteiger charge is 2.37. The Labute approximate surface area is 188 Å². The van der Waals surface area contributed by atoms with Gasteiger partial charge in [-0.05, 0) is 61.4 Å². The highest BCUT2D eigenvalue weighted by atomic mass is 35.5. The van der Waals surface area contributed by atoms with Crippen LogP contribution >= 0.6 is 11.6 Å². The molecule has 0 saturated carbocycles. The molecule has 0 atom stereocenters. The molecule has 162 valence electrons. The van der Waals surface area contributed by atoms with Gasteiger partial charge in [0.05, 0.1) is 16.3 Å². The van der Waals surface area contributed by atoms with Crippen molar-refractivity contribution in [3.8, 4) is 0 Å². The van der Waals surface area contributed by atoms with E-state index in [0.29, 0.717) is 19.9 Å².